The van der Waals surface area contributed by atoms with Crippen LogP contribution in [0.5, 0.6) is 0 Å². The molecular weight excluding hydrogens is 416 g/mol. The predicted molar refractivity (Wildman–Crippen MR) is 111 cm³/mol. The molecule has 0 radical (unpaired) electrons. The van der Waals surface area contributed by atoms with Gasteiger partial charge in [0.25, 0.3) is 5.91 Å². The van der Waals surface area contributed by atoms with Gasteiger partial charge in [-0.2, -0.15) is 0 Å². The molecule has 1 atom stereocenters. The summed E-state index contributed by atoms with van der Waals surface area (Å²) in [6, 6.07) is 2.67. The number of hydrogen-bond donors (Lipinski definition) is 2. The number of rotatable bonds is 6. The highest BCUT2D eigenvalue weighted by atomic mass is 35.5. The van der Waals surface area contributed by atoms with Gasteiger partial charge in [-0.05, 0) is 37.1 Å². The quantitative estimate of drug-likeness (QED) is 0.703. The molecule has 3 amide bonds. The summed E-state index contributed by atoms with van der Waals surface area (Å²) < 4.78 is 27.6. The number of carbonyl (C=O) groups excluding carboxylic acids is 2. The zero-order valence-corrected chi connectivity index (χ0v) is 16.9. The van der Waals surface area contributed by atoms with Gasteiger partial charge in [-0.1, -0.05) is 23.8 Å². The zero-order chi connectivity index (χ0) is 21.8. The van der Waals surface area contributed by atoms with Crippen LogP contribution in [0.1, 0.15) is 19.8 Å². The van der Waals surface area contributed by atoms with E-state index in [4.69, 9.17) is 11.6 Å². The minimum Gasteiger partial charge on any atom is -0.396 e. The molecule has 30 heavy (non-hydrogen) atoms. The highest BCUT2D eigenvalue weighted by Crippen LogP contribution is 2.33. The van der Waals surface area contributed by atoms with Gasteiger partial charge in [0, 0.05) is 37.0 Å². The Hall–Kier alpha value is -2.84. The van der Waals surface area contributed by atoms with E-state index in [0.29, 0.717) is 23.3 Å². The van der Waals surface area contributed by atoms with Gasteiger partial charge in [-0.3, -0.25) is 4.79 Å². The fourth-order valence-electron chi connectivity index (χ4n) is 3.33. The standard InChI is InChI=1S/C21H20ClF2N3O3/c1-12(15-11-25-20(29)19-14(15)4-2-5-18(19)24)27(8-3-9-28)21(30)26-13-6-7-17(23)16(22)10-13/h2,4,6-7,10-12,28H,3,5,8-9H2,1H3,(H,26,30). The smallest absolute Gasteiger partial charge is 0.322 e. The van der Waals surface area contributed by atoms with Crippen LogP contribution in [-0.2, 0) is 4.79 Å². The Morgan fingerprint density at radius 2 is 2.17 bits per heavy atom. The van der Waals surface area contributed by atoms with Gasteiger partial charge < -0.3 is 15.3 Å². The van der Waals surface area contributed by atoms with Crippen LogP contribution in [0.15, 0.2) is 57.9 Å². The molecule has 0 spiro atoms. The molecule has 0 fully saturated rings. The number of amides is 3. The Morgan fingerprint density at radius 1 is 1.40 bits per heavy atom. The summed E-state index contributed by atoms with van der Waals surface area (Å²) in [7, 11) is 0. The van der Waals surface area contributed by atoms with E-state index >= 15 is 0 Å². The van der Waals surface area contributed by atoms with Crippen molar-refractivity contribution in [3.63, 3.8) is 0 Å². The number of fused-ring (bicyclic) bond motifs is 1. The lowest BCUT2D eigenvalue weighted by Crippen LogP contribution is -2.44. The molecule has 0 bridgehead atoms. The van der Waals surface area contributed by atoms with Gasteiger partial charge in [0.15, 0.2) is 0 Å². The summed E-state index contributed by atoms with van der Waals surface area (Å²) in [4.78, 5) is 30.2. The fraction of sp³-hybridized carbons (Fsp3) is 0.286. The number of anilines is 1. The van der Waals surface area contributed by atoms with Crippen molar-refractivity contribution in [1.29, 1.82) is 0 Å². The number of urea groups is 1. The van der Waals surface area contributed by atoms with Crippen molar-refractivity contribution < 1.29 is 23.5 Å². The van der Waals surface area contributed by atoms with Crippen molar-refractivity contribution in [2.45, 2.75) is 25.8 Å². The van der Waals surface area contributed by atoms with Crippen LogP contribution in [-0.4, -0.2) is 47.4 Å². The second-order valence-corrected chi connectivity index (χ2v) is 7.23. The monoisotopic (exact) mass is 435 g/mol. The first-order chi connectivity index (χ1) is 14.3. The first kappa shape index (κ1) is 21.9. The van der Waals surface area contributed by atoms with Crippen LogP contribution >= 0.6 is 11.6 Å². The lowest BCUT2D eigenvalue weighted by Gasteiger charge is -2.32. The van der Waals surface area contributed by atoms with E-state index in [1.165, 1.54) is 23.2 Å². The first-order valence-electron chi connectivity index (χ1n) is 9.35. The summed E-state index contributed by atoms with van der Waals surface area (Å²) in [5, 5.41) is 11.7. The molecule has 0 saturated carbocycles. The zero-order valence-electron chi connectivity index (χ0n) is 16.2. The number of dihydropyridines is 1. The van der Waals surface area contributed by atoms with Crippen LogP contribution < -0.4 is 5.32 Å². The van der Waals surface area contributed by atoms with Crippen LogP contribution in [0.2, 0.25) is 5.02 Å². The van der Waals surface area contributed by atoms with E-state index < -0.39 is 29.6 Å². The minimum atomic E-state index is -0.657. The number of hydrogen-bond acceptors (Lipinski definition) is 3. The Bertz CT molecular complexity index is 1000. The van der Waals surface area contributed by atoms with E-state index in [1.54, 1.807) is 19.1 Å². The number of nitrogens with one attached hydrogen (secondary N) is 1. The highest BCUT2D eigenvalue weighted by Gasteiger charge is 2.31. The number of aliphatic hydroxyl groups excluding tert-OH is 1. The molecule has 1 unspecified atom stereocenters. The van der Waals surface area contributed by atoms with Crippen LogP contribution in [0.3, 0.4) is 0 Å². The Morgan fingerprint density at radius 3 is 2.87 bits per heavy atom. The molecule has 0 saturated heterocycles. The Kier molecular flexibility index (Phi) is 6.79. The summed E-state index contributed by atoms with van der Waals surface area (Å²) in [6.07, 6.45) is 4.90. The summed E-state index contributed by atoms with van der Waals surface area (Å²) in [5.41, 5.74) is 1.09. The largest absolute Gasteiger partial charge is 0.396 e. The molecule has 9 heteroatoms. The number of benzene rings is 1. The summed E-state index contributed by atoms with van der Waals surface area (Å²) in [6.45, 7) is 1.76. The van der Waals surface area contributed by atoms with Crippen LogP contribution in [0.4, 0.5) is 19.3 Å². The molecule has 1 aliphatic carbocycles. The lowest BCUT2D eigenvalue weighted by molar-refractivity contribution is -0.114. The van der Waals surface area contributed by atoms with Crippen molar-refractivity contribution in [2.24, 2.45) is 4.99 Å². The molecule has 1 heterocycles. The number of allylic oxidation sites excluding steroid dienone is 3. The van der Waals surface area contributed by atoms with E-state index in [-0.39, 0.29) is 30.2 Å². The third kappa shape index (κ3) is 4.49. The number of aliphatic hydroxyl groups is 1. The molecular formula is C21H20ClF2N3O3. The number of carbonyl (C=O) groups is 2. The maximum atomic E-state index is 14.3. The van der Waals surface area contributed by atoms with Crippen molar-refractivity contribution >= 4 is 35.4 Å². The molecule has 1 aromatic carbocycles. The number of aliphatic imine (C=N–C) groups is 1. The van der Waals surface area contributed by atoms with Gasteiger partial charge in [0.1, 0.15) is 11.6 Å². The van der Waals surface area contributed by atoms with Crippen molar-refractivity contribution in [3.05, 3.63) is 63.7 Å². The van der Waals surface area contributed by atoms with Crippen molar-refractivity contribution in [2.75, 3.05) is 18.5 Å². The molecule has 6 nitrogen and oxygen atoms in total. The predicted octanol–water partition coefficient (Wildman–Crippen LogP) is 4.18. The van der Waals surface area contributed by atoms with Crippen molar-refractivity contribution in [3.8, 4) is 0 Å². The van der Waals surface area contributed by atoms with E-state index in [0.717, 1.165) is 6.07 Å². The SMILES string of the molecule is CC(C1=C2C=CCC(F)=C2C(=O)N=C1)N(CCCO)C(=O)Nc1ccc(F)c(Cl)c1. The average Bonchev–Trinajstić information content (AvgIpc) is 2.71. The second-order valence-electron chi connectivity index (χ2n) is 6.82. The van der Waals surface area contributed by atoms with E-state index in [2.05, 4.69) is 10.3 Å². The second kappa shape index (κ2) is 9.32. The van der Waals surface area contributed by atoms with E-state index in [1.807, 2.05) is 0 Å². The third-order valence-corrected chi connectivity index (χ3v) is 5.16. The van der Waals surface area contributed by atoms with Gasteiger partial charge in [-0.15, -0.1) is 0 Å². The fourth-order valence-corrected chi connectivity index (χ4v) is 3.51. The van der Waals surface area contributed by atoms with E-state index in [9.17, 15) is 23.5 Å². The first-order valence-corrected chi connectivity index (χ1v) is 9.73. The van der Waals surface area contributed by atoms with Gasteiger partial charge in [-0.25, -0.2) is 18.6 Å². The Balaban J connectivity index is 1.91. The maximum absolute atomic E-state index is 14.3. The maximum Gasteiger partial charge on any atom is 0.322 e. The van der Waals surface area contributed by atoms with Crippen LogP contribution in [0.25, 0.3) is 0 Å². The Labute approximate surface area is 177 Å². The molecule has 158 valence electrons. The highest BCUT2D eigenvalue weighted by molar-refractivity contribution is 6.31. The summed E-state index contributed by atoms with van der Waals surface area (Å²) >= 11 is 5.77. The minimum absolute atomic E-state index is 0.0157. The third-order valence-electron chi connectivity index (χ3n) is 4.87. The average molecular weight is 436 g/mol. The molecule has 1 aliphatic heterocycles. The van der Waals surface area contributed by atoms with Crippen LogP contribution in [0, 0.1) is 5.82 Å². The number of nitrogens with zero attached hydrogens (tertiary/aromatic N) is 2. The molecule has 1 aromatic rings. The molecule has 3 rings (SSSR count). The topological polar surface area (TPSA) is 82.0 Å². The molecule has 2 aliphatic rings. The van der Waals surface area contributed by atoms with Gasteiger partial charge in [0.2, 0.25) is 0 Å². The van der Waals surface area contributed by atoms with Gasteiger partial charge in [0.05, 0.1) is 16.6 Å². The van der Waals surface area contributed by atoms with Crippen molar-refractivity contribution in [1.82, 2.24) is 4.90 Å². The normalized spacial score (nSPS) is 16.6. The van der Waals surface area contributed by atoms with Gasteiger partial charge >= 0.3 is 6.03 Å². The molecule has 0 aromatic heterocycles. The summed E-state index contributed by atoms with van der Waals surface area (Å²) in [5.74, 6) is -1.83. The number of halogens is 3. The lowest BCUT2D eigenvalue weighted by atomic mass is 9.88. The molecule has 2 N–H and O–H groups in total.